The van der Waals surface area contributed by atoms with Crippen LogP contribution in [0.2, 0.25) is 0 Å². The molecule has 2 aromatic rings. The van der Waals surface area contributed by atoms with E-state index in [1.807, 2.05) is 61.5 Å². The molecule has 0 fully saturated rings. The zero-order valence-corrected chi connectivity index (χ0v) is 15.2. The highest BCUT2D eigenvalue weighted by Crippen LogP contribution is 2.41. The van der Waals surface area contributed by atoms with Crippen LogP contribution < -0.4 is 9.47 Å². The Morgan fingerprint density at radius 3 is 2.31 bits per heavy atom. The highest BCUT2D eigenvalue weighted by molar-refractivity contribution is 6.02. The predicted molar refractivity (Wildman–Crippen MR) is 100 cm³/mol. The van der Waals surface area contributed by atoms with Crippen molar-refractivity contribution in [3.63, 3.8) is 0 Å². The van der Waals surface area contributed by atoms with E-state index >= 15 is 0 Å². The minimum Gasteiger partial charge on any atom is -0.494 e. The molecule has 1 atom stereocenters. The lowest BCUT2D eigenvalue weighted by Crippen LogP contribution is -2.28. The maximum Gasteiger partial charge on any atom is 0.141 e. The minimum absolute atomic E-state index is 0.138. The summed E-state index contributed by atoms with van der Waals surface area (Å²) in [6, 6.07) is 15.1. The Hall–Kier alpha value is -2.88. The molecule has 0 N–H and O–H groups in total. The molecular weight excluding hydrogens is 328 g/mol. The zero-order valence-electron chi connectivity index (χ0n) is 15.2. The Morgan fingerprint density at radius 2 is 1.69 bits per heavy atom. The van der Waals surface area contributed by atoms with Crippen LogP contribution in [0.1, 0.15) is 37.8 Å². The van der Waals surface area contributed by atoms with Gasteiger partial charge in [0.15, 0.2) is 0 Å². The van der Waals surface area contributed by atoms with Gasteiger partial charge in [-0.1, -0.05) is 18.2 Å². The molecule has 1 aliphatic heterocycles. The summed E-state index contributed by atoms with van der Waals surface area (Å²) >= 11 is 0. The molecule has 134 valence electrons. The molecule has 0 saturated heterocycles. The molecule has 4 heteroatoms. The topological polar surface area (TPSA) is 52.6 Å². The molecule has 0 radical (unpaired) electrons. The average Bonchev–Trinajstić information content (AvgIpc) is 2.62. The highest BCUT2D eigenvalue weighted by Gasteiger charge is 2.34. The second-order valence-electron chi connectivity index (χ2n) is 6.35. The second-order valence-corrected chi connectivity index (χ2v) is 6.35. The van der Waals surface area contributed by atoms with Gasteiger partial charge in [0, 0.05) is 17.0 Å². The van der Waals surface area contributed by atoms with E-state index in [1.54, 1.807) is 0 Å². The van der Waals surface area contributed by atoms with E-state index in [-0.39, 0.29) is 17.5 Å². The highest BCUT2D eigenvalue weighted by atomic mass is 16.5. The van der Waals surface area contributed by atoms with Crippen LogP contribution in [0.25, 0.3) is 5.76 Å². The number of ketones is 2. The van der Waals surface area contributed by atoms with Crippen LogP contribution in [0, 0.1) is 5.92 Å². The van der Waals surface area contributed by atoms with E-state index in [0.717, 1.165) is 16.9 Å². The predicted octanol–water partition coefficient (Wildman–Crippen LogP) is 4.40. The van der Waals surface area contributed by atoms with Gasteiger partial charge in [-0.3, -0.25) is 9.59 Å². The summed E-state index contributed by atoms with van der Waals surface area (Å²) in [5.74, 6) is 0.785. The zero-order chi connectivity index (χ0) is 18.7. The third kappa shape index (κ3) is 3.54. The summed E-state index contributed by atoms with van der Waals surface area (Å²) in [5, 5.41) is 0. The number of carbonyl (C=O) groups excluding carboxylic acids is 2. The standard InChI is InChI=1S/C22H22O4/c1-4-25-17-11-9-16(10-12-17)21-13-19(22(14(2)23)15(3)24)18-7-5-6-8-20(18)26-21/h5-13,19,22H,4H2,1-3H3/t19-/m1/s1. The van der Waals surface area contributed by atoms with Gasteiger partial charge in [0.2, 0.25) is 0 Å². The van der Waals surface area contributed by atoms with Crippen LogP contribution >= 0.6 is 0 Å². The number of para-hydroxylation sites is 1. The van der Waals surface area contributed by atoms with Crippen LogP contribution in [0.15, 0.2) is 54.6 Å². The van der Waals surface area contributed by atoms with Crippen molar-refractivity contribution in [3.05, 3.63) is 65.7 Å². The van der Waals surface area contributed by atoms with Crippen molar-refractivity contribution in [1.82, 2.24) is 0 Å². The Morgan fingerprint density at radius 1 is 1.04 bits per heavy atom. The lowest BCUT2D eigenvalue weighted by Gasteiger charge is -2.28. The monoisotopic (exact) mass is 350 g/mol. The summed E-state index contributed by atoms with van der Waals surface area (Å²) < 4.78 is 11.5. The Balaban J connectivity index is 2.04. The molecule has 1 aliphatic rings. The third-order valence-electron chi connectivity index (χ3n) is 4.51. The van der Waals surface area contributed by atoms with Gasteiger partial charge in [0.05, 0.1) is 12.5 Å². The summed E-state index contributed by atoms with van der Waals surface area (Å²) in [6.45, 7) is 5.47. The SMILES string of the molecule is CCOc1ccc(C2=C[C@@H](C(C(C)=O)C(C)=O)c3ccccc3O2)cc1. The third-order valence-corrected chi connectivity index (χ3v) is 4.51. The smallest absolute Gasteiger partial charge is 0.141 e. The first-order valence-corrected chi connectivity index (χ1v) is 8.74. The number of ether oxygens (including phenoxy) is 2. The van der Waals surface area contributed by atoms with Crippen molar-refractivity contribution < 1.29 is 19.1 Å². The molecule has 0 spiro atoms. The lowest BCUT2D eigenvalue weighted by atomic mass is 9.79. The fourth-order valence-electron chi connectivity index (χ4n) is 3.36. The number of Topliss-reactive ketones (excluding diaryl/α,β-unsaturated/α-hetero) is 2. The molecule has 0 bridgehead atoms. The first-order valence-electron chi connectivity index (χ1n) is 8.74. The molecule has 26 heavy (non-hydrogen) atoms. The fourth-order valence-corrected chi connectivity index (χ4v) is 3.36. The molecular formula is C22H22O4. The van der Waals surface area contributed by atoms with Crippen molar-refractivity contribution in [2.75, 3.05) is 6.61 Å². The summed E-state index contributed by atoms with van der Waals surface area (Å²) in [6.07, 6.45) is 1.88. The van der Waals surface area contributed by atoms with Gasteiger partial charge in [0.1, 0.15) is 28.8 Å². The van der Waals surface area contributed by atoms with Crippen molar-refractivity contribution >= 4 is 17.3 Å². The van der Waals surface area contributed by atoms with Crippen LogP contribution in [0.5, 0.6) is 11.5 Å². The van der Waals surface area contributed by atoms with Gasteiger partial charge in [-0.05, 0) is 57.2 Å². The molecule has 0 amide bonds. The Kier molecular flexibility index (Phi) is 5.21. The maximum atomic E-state index is 12.1. The Bertz CT molecular complexity index is 835. The number of fused-ring (bicyclic) bond motifs is 1. The molecule has 0 aliphatic carbocycles. The van der Waals surface area contributed by atoms with Gasteiger partial charge in [-0.25, -0.2) is 0 Å². The Labute approximate surface area is 153 Å². The molecule has 0 unspecified atom stereocenters. The van der Waals surface area contributed by atoms with Gasteiger partial charge >= 0.3 is 0 Å². The molecule has 3 rings (SSSR count). The van der Waals surface area contributed by atoms with Crippen molar-refractivity contribution in [2.45, 2.75) is 26.7 Å². The largest absolute Gasteiger partial charge is 0.494 e. The van der Waals surface area contributed by atoms with Gasteiger partial charge in [0.25, 0.3) is 0 Å². The minimum atomic E-state index is -0.710. The molecule has 4 nitrogen and oxygen atoms in total. The van der Waals surface area contributed by atoms with E-state index in [4.69, 9.17) is 9.47 Å². The van der Waals surface area contributed by atoms with E-state index in [0.29, 0.717) is 18.1 Å². The average molecular weight is 350 g/mol. The van der Waals surface area contributed by atoms with Crippen molar-refractivity contribution in [1.29, 1.82) is 0 Å². The van der Waals surface area contributed by atoms with Gasteiger partial charge in [-0.2, -0.15) is 0 Å². The van der Waals surface area contributed by atoms with E-state index in [1.165, 1.54) is 13.8 Å². The fraction of sp³-hybridized carbons (Fsp3) is 0.273. The first-order chi connectivity index (χ1) is 12.5. The number of benzene rings is 2. The van der Waals surface area contributed by atoms with E-state index in [2.05, 4.69) is 0 Å². The molecule has 2 aromatic carbocycles. The summed E-state index contributed by atoms with van der Waals surface area (Å²) in [4.78, 5) is 24.3. The number of hydrogen-bond acceptors (Lipinski definition) is 4. The molecule has 0 aromatic heterocycles. The number of rotatable bonds is 6. The quantitative estimate of drug-likeness (QED) is 0.725. The van der Waals surface area contributed by atoms with Crippen LogP contribution in [0.3, 0.4) is 0 Å². The maximum absolute atomic E-state index is 12.1. The second kappa shape index (κ2) is 7.56. The van der Waals surface area contributed by atoms with E-state index < -0.39 is 5.92 Å². The number of allylic oxidation sites excluding steroid dienone is 1. The molecule has 0 saturated carbocycles. The van der Waals surface area contributed by atoms with Gasteiger partial charge < -0.3 is 9.47 Å². The van der Waals surface area contributed by atoms with Crippen LogP contribution in [-0.2, 0) is 9.59 Å². The van der Waals surface area contributed by atoms with Gasteiger partial charge in [-0.15, -0.1) is 0 Å². The van der Waals surface area contributed by atoms with Crippen molar-refractivity contribution in [3.8, 4) is 11.5 Å². The first kappa shape index (κ1) is 17.9. The summed E-state index contributed by atoms with van der Waals surface area (Å²) in [5.41, 5.74) is 1.73. The molecule has 1 heterocycles. The van der Waals surface area contributed by atoms with Crippen LogP contribution in [-0.4, -0.2) is 18.2 Å². The van der Waals surface area contributed by atoms with Crippen molar-refractivity contribution in [2.24, 2.45) is 5.92 Å². The number of hydrogen-bond donors (Lipinski definition) is 0. The summed E-state index contributed by atoms with van der Waals surface area (Å²) in [7, 11) is 0. The lowest BCUT2D eigenvalue weighted by molar-refractivity contribution is -0.130. The number of carbonyl (C=O) groups is 2. The van der Waals surface area contributed by atoms with E-state index in [9.17, 15) is 9.59 Å². The van der Waals surface area contributed by atoms with Crippen LogP contribution in [0.4, 0.5) is 0 Å². The normalized spacial score (nSPS) is 15.7.